The van der Waals surface area contributed by atoms with Gasteiger partial charge < -0.3 is 0 Å². The summed E-state index contributed by atoms with van der Waals surface area (Å²) in [4.78, 5) is 0. The summed E-state index contributed by atoms with van der Waals surface area (Å²) < 4.78 is 12.6. The first-order valence-corrected chi connectivity index (χ1v) is 3.14. The molecule has 49 valence electrons. The molecule has 1 radical (unpaired) electrons. The quantitative estimate of drug-likeness (QED) is 0.485. The Hall–Kier alpha value is -0.0100. The molecular weight excluding hydrogens is 162 g/mol. The van der Waals surface area contributed by atoms with E-state index in [0.29, 0.717) is 5.03 Å². The van der Waals surface area contributed by atoms with Gasteiger partial charge in [-0.2, -0.15) is 0 Å². The molecule has 1 rings (SSSR count). The highest BCUT2D eigenvalue weighted by molar-refractivity contribution is 6.33. The van der Waals surface area contributed by atoms with Crippen molar-refractivity contribution in [3.05, 3.63) is 29.7 Å². The summed E-state index contributed by atoms with van der Waals surface area (Å²) in [6.45, 7) is 0. The van der Waals surface area contributed by atoms with E-state index in [4.69, 9.17) is 23.2 Å². The molecule has 0 N–H and O–H groups in total. The van der Waals surface area contributed by atoms with Crippen LogP contribution in [0, 0.1) is 6.42 Å². The minimum absolute atomic E-state index is 0.329. The lowest BCUT2D eigenvalue weighted by Gasteiger charge is -2.11. The van der Waals surface area contributed by atoms with Gasteiger partial charge in [0.25, 0.3) is 0 Å². The standard InChI is InChI=1S/C6H4Cl2F/c7-5-2-1-3-6(8,9)4-5/h1-4H. The van der Waals surface area contributed by atoms with Crippen LogP contribution in [0.15, 0.2) is 23.3 Å². The van der Waals surface area contributed by atoms with Crippen molar-refractivity contribution in [2.24, 2.45) is 0 Å². The molecule has 0 aliphatic heterocycles. The van der Waals surface area contributed by atoms with Crippen LogP contribution >= 0.6 is 23.2 Å². The summed E-state index contributed by atoms with van der Waals surface area (Å²) in [6, 6.07) is 0. The van der Waals surface area contributed by atoms with Crippen LogP contribution in [0.25, 0.3) is 0 Å². The van der Waals surface area contributed by atoms with Crippen LogP contribution < -0.4 is 0 Å². The lowest BCUT2D eigenvalue weighted by atomic mass is 10.2. The number of rotatable bonds is 0. The molecular formula is C6H4Cl2F. The van der Waals surface area contributed by atoms with E-state index < -0.39 is 5.13 Å². The molecule has 0 fully saturated rings. The van der Waals surface area contributed by atoms with E-state index in [9.17, 15) is 4.39 Å². The van der Waals surface area contributed by atoms with Crippen LogP contribution in [-0.4, -0.2) is 5.13 Å². The van der Waals surface area contributed by atoms with Gasteiger partial charge in [-0.05, 0) is 12.2 Å². The van der Waals surface area contributed by atoms with Crippen LogP contribution in [0.4, 0.5) is 4.39 Å². The summed E-state index contributed by atoms with van der Waals surface area (Å²) >= 11 is 10.7. The van der Waals surface area contributed by atoms with E-state index in [-0.39, 0.29) is 0 Å². The third-order valence-corrected chi connectivity index (χ3v) is 1.37. The molecule has 1 aliphatic rings. The molecule has 0 saturated heterocycles. The predicted molar refractivity (Wildman–Crippen MR) is 37.1 cm³/mol. The second-order valence-electron chi connectivity index (χ2n) is 1.73. The summed E-state index contributed by atoms with van der Waals surface area (Å²) in [5.74, 6) is 0. The fraction of sp³-hybridized carbons (Fsp3) is 0.167. The molecule has 9 heavy (non-hydrogen) atoms. The third-order valence-electron chi connectivity index (χ3n) is 0.904. The SMILES string of the molecule is FC1(Cl)C=C[CH]C(Cl)=C1. The van der Waals surface area contributed by atoms with Gasteiger partial charge in [-0.25, -0.2) is 4.39 Å². The Morgan fingerprint density at radius 2 is 2.22 bits per heavy atom. The van der Waals surface area contributed by atoms with Gasteiger partial charge in [-0.15, -0.1) is 0 Å². The van der Waals surface area contributed by atoms with E-state index in [1.807, 2.05) is 0 Å². The minimum Gasteiger partial charge on any atom is -0.217 e. The summed E-state index contributed by atoms with van der Waals surface area (Å²) in [5.41, 5.74) is 0. The van der Waals surface area contributed by atoms with Crippen LogP contribution in [0.2, 0.25) is 0 Å². The van der Waals surface area contributed by atoms with Gasteiger partial charge in [0, 0.05) is 11.5 Å². The summed E-state index contributed by atoms with van der Waals surface area (Å²) in [7, 11) is 0. The predicted octanol–water partition coefficient (Wildman–Crippen LogP) is 2.79. The fourth-order valence-electron chi connectivity index (χ4n) is 0.548. The Morgan fingerprint density at radius 3 is 2.56 bits per heavy atom. The molecule has 1 atom stereocenters. The molecule has 3 heteroatoms. The lowest BCUT2D eigenvalue weighted by Crippen LogP contribution is -2.08. The van der Waals surface area contributed by atoms with Crippen LogP contribution in [0.5, 0.6) is 0 Å². The van der Waals surface area contributed by atoms with Crippen molar-refractivity contribution in [3.8, 4) is 0 Å². The number of halogens is 3. The summed E-state index contributed by atoms with van der Waals surface area (Å²) in [5, 5.41) is -1.55. The highest BCUT2D eigenvalue weighted by Gasteiger charge is 2.21. The van der Waals surface area contributed by atoms with E-state index in [1.54, 1.807) is 6.42 Å². The average molecular weight is 166 g/mol. The molecule has 0 aromatic rings. The zero-order valence-electron chi connectivity index (χ0n) is 4.44. The van der Waals surface area contributed by atoms with Crippen molar-refractivity contribution in [1.82, 2.24) is 0 Å². The van der Waals surface area contributed by atoms with Gasteiger partial charge >= 0.3 is 0 Å². The van der Waals surface area contributed by atoms with Gasteiger partial charge in [-0.1, -0.05) is 29.3 Å². The molecule has 0 saturated carbocycles. The summed E-state index contributed by atoms with van der Waals surface area (Å²) in [6.07, 6.45) is 5.41. The lowest BCUT2D eigenvalue weighted by molar-refractivity contribution is 0.414. The Kier molecular flexibility index (Phi) is 1.83. The third kappa shape index (κ3) is 1.99. The Balaban J connectivity index is 2.78. The monoisotopic (exact) mass is 165 g/mol. The Labute approximate surface area is 63.0 Å². The van der Waals surface area contributed by atoms with E-state index in [0.717, 1.165) is 6.08 Å². The van der Waals surface area contributed by atoms with E-state index in [1.165, 1.54) is 12.2 Å². The first-order valence-electron chi connectivity index (χ1n) is 2.39. The fourth-order valence-corrected chi connectivity index (χ4v) is 1.03. The largest absolute Gasteiger partial charge is 0.221 e. The zero-order valence-corrected chi connectivity index (χ0v) is 5.96. The molecule has 0 heterocycles. The van der Waals surface area contributed by atoms with Crippen molar-refractivity contribution in [3.63, 3.8) is 0 Å². The van der Waals surface area contributed by atoms with Crippen LogP contribution in [0.1, 0.15) is 0 Å². The van der Waals surface area contributed by atoms with E-state index >= 15 is 0 Å². The maximum atomic E-state index is 12.6. The Bertz CT molecular complexity index is 170. The zero-order chi connectivity index (χ0) is 6.91. The van der Waals surface area contributed by atoms with Gasteiger partial charge in [0.05, 0.1) is 0 Å². The molecule has 0 aromatic heterocycles. The van der Waals surface area contributed by atoms with Gasteiger partial charge in [0.2, 0.25) is 5.13 Å². The molecule has 0 bridgehead atoms. The maximum Gasteiger partial charge on any atom is 0.221 e. The van der Waals surface area contributed by atoms with Crippen LogP contribution in [0.3, 0.4) is 0 Å². The van der Waals surface area contributed by atoms with Crippen molar-refractivity contribution < 1.29 is 4.39 Å². The first kappa shape index (κ1) is 7.10. The second-order valence-corrected chi connectivity index (χ2v) is 2.75. The number of hydrogen-bond donors (Lipinski definition) is 0. The first-order chi connectivity index (χ1) is 4.10. The topological polar surface area (TPSA) is 0 Å². The normalized spacial score (nSPS) is 34.3. The van der Waals surface area contributed by atoms with Crippen molar-refractivity contribution in [2.45, 2.75) is 5.13 Å². The van der Waals surface area contributed by atoms with Gasteiger partial charge in [-0.3, -0.25) is 0 Å². The number of allylic oxidation sites excluding steroid dienone is 4. The maximum absolute atomic E-state index is 12.6. The van der Waals surface area contributed by atoms with Crippen LogP contribution in [-0.2, 0) is 0 Å². The van der Waals surface area contributed by atoms with Crippen molar-refractivity contribution in [1.29, 1.82) is 0 Å². The van der Waals surface area contributed by atoms with Crippen molar-refractivity contribution in [2.75, 3.05) is 0 Å². The van der Waals surface area contributed by atoms with Gasteiger partial charge in [0.1, 0.15) is 0 Å². The second kappa shape index (κ2) is 2.31. The molecule has 1 aliphatic carbocycles. The Morgan fingerprint density at radius 1 is 1.56 bits per heavy atom. The highest BCUT2D eigenvalue weighted by atomic mass is 35.5. The van der Waals surface area contributed by atoms with Gasteiger partial charge in [0.15, 0.2) is 0 Å². The van der Waals surface area contributed by atoms with E-state index in [2.05, 4.69) is 0 Å². The number of hydrogen-bond acceptors (Lipinski definition) is 0. The molecule has 0 amide bonds. The number of alkyl halides is 2. The average Bonchev–Trinajstić information content (AvgIpc) is 1.60. The highest BCUT2D eigenvalue weighted by Crippen LogP contribution is 2.28. The molecule has 0 aromatic carbocycles. The smallest absolute Gasteiger partial charge is 0.217 e. The molecule has 0 nitrogen and oxygen atoms in total. The molecule has 0 spiro atoms. The minimum atomic E-state index is -1.88. The molecule has 1 unspecified atom stereocenters. The van der Waals surface area contributed by atoms with Crippen molar-refractivity contribution >= 4 is 23.2 Å².